The molecule has 3 heteroatoms. The zero-order valence-electron chi connectivity index (χ0n) is 10.7. The SMILES string of the molecule is CC(C)(C)CC(=O)Nc1ccc(CCBr)cc1. The highest BCUT2D eigenvalue weighted by molar-refractivity contribution is 9.09. The lowest BCUT2D eigenvalue weighted by Crippen LogP contribution is -2.19. The fourth-order valence-electron chi connectivity index (χ4n) is 1.55. The summed E-state index contributed by atoms with van der Waals surface area (Å²) in [6, 6.07) is 8.01. The van der Waals surface area contributed by atoms with Gasteiger partial charge in [-0.15, -0.1) is 0 Å². The molecule has 0 saturated heterocycles. The molecule has 0 aliphatic heterocycles. The summed E-state index contributed by atoms with van der Waals surface area (Å²) in [6.07, 6.45) is 1.55. The van der Waals surface area contributed by atoms with Crippen molar-refractivity contribution in [3.8, 4) is 0 Å². The molecule has 1 N–H and O–H groups in total. The molecule has 1 aromatic carbocycles. The Labute approximate surface area is 112 Å². The monoisotopic (exact) mass is 297 g/mol. The molecule has 0 spiro atoms. The Bertz CT molecular complexity index is 365. The number of hydrogen-bond donors (Lipinski definition) is 1. The van der Waals surface area contributed by atoms with Gasteiger partial charge in [0.15, 0.2) is 0 Å². The molecule has 0 aromatic heterocycles. The maximum atomic E-state index is 11.7. The van der Waals surface area contributed by atoms with E-state index < -0.39 is 0 Å². The fraction of sp³-hybridized carbons (Fsp3) is 0.500. The van der Waals surface area contributed by atoms with Gasteiger partial charge >= 0.3 is 0 Å². The molecule has 0 saturated carbocycles. The molecule has 0 radical (unpaired) electrons. The molecule has 1 aromatic rings. The van der Waals surface area contributed by atoms with E-state index in [0.29, 0.717) is 6.42 Å². The number of carbonyl (C=O) groups is 1. The number of nitrogens with one attached hydrogen (secondary N) is 1. The van der Waals surface area contributed by atoms with Crippen LogP contribution in [0.1, 0.15) is 32.8 Å². The topological polar surface area (TPSA) is 29.1 Å². The molecule has 0 atom stereocenters. The van der Waals surface area contributed by atoms with Crippen molar-refractivity contribution in [3.63, 3.8) is 0 Å². The Balaban J connectivity index is 2.54. The molecular weight excluding hydrogens is 278 g/mol. The zero-order valence-corrected chi connectivity index (χ0v) is 12.3. The molecule has 0 aliphatic carbocycles. The van der Waals surface area contributed by atoms with Crippen molar-refractivity contribution in [2.75, 3.05) is 10.6 Å². The summed E-state index contributed by atoms with van der Waals surface area (Å²) in [6.45, 7) is 6.18. The second-order valence-electron chi connectivity index (χ2n) is 5.42. The van der Waals surface area contributed by atoms with Crippen LogP contribution in [0.2, 0.25) is 0 Å². The third kappa shape index (κ3) is 5.87. The van der Waals surface area contributed by atoms with Crippen LogP contribution >= 0.6 is 15.9 Å². The largest absolute Gasteiger partial charge is 0.326 e. The van der Waals surface area contributed by atoms with E-state index in [1.165, 1.54) is 5.56 Å². The summed E-state index contributed by atoms with van der Waals surface area (Å²) >= 11 is 3.41. The first-order valence-electron chi connectivity index (χ1n) is 5.85. The van der Waals surface area contributed by atoms with Gasteiger partial charge < -0.3 is 5.32 Å². The Kier molecular flexibility index (Phi) is 5.19. The summed E-state index contributed by atoms with van der Waals surface area (Å²) in [5.74, 6) is 0.0748. The van der Waals surface area contributed by atoms with Crippen LogP contribution in [-0.2, 0) is 11.2 Å². The van der Waals surface area contributed by atoms with Gasteiger partial charge in [0.1, 0.15) is 0 Å². The molecule has 0 heterocycles. The van der Waals surface area contributed by atoms with Gasteiger partial charge in [0.2, 0.25) is 5.91 Å². The van der Waals surface area contributed by atoms with E-state index in [2.05, 4.69) is 42.0 Å². The maximum Gasteiger partial charge on any atom is 0.224 e. The fourth-order valence-corrected chi connectivity index (χ4v) is 2.01. The van der Waals surface area contributed by atoms with E-state index in [1.807, 2.05) is 24.3 Å². The predicted octanol–water partition coefficient (Wildman–Crippen LogP) is 4.00. The second-order valence-corrected chi connectivity index (χ2v) is 6.21. The van der Waals surface area contributed by atoms with Crippen LogP contribution in [0, 0.1) is 5.41 Å². The summed E-state index contributed by atoms with van der Waals surface area (Å²) < 4.78 is 0. The van der Waals surface area contributed by atoms with Crippen LogP contribution < -0.4 is 5.32 Å². The van der Waals surface area contributed by atoms with Crippen LogP contribution in [-0.4, -0.2) is 11.2 Å². The van der Waals surface area contributed by atoms with Gasteiger partial charge in [0.05, 0.1) is 0 Å². The molecule has 17 heavy (non-hydrogen) atoms. The summed E-state index contributed by atoms with van der Waals surface area (Å²) in [4.78, 5) is 11.7. The zero-order chi connectivity index (χ0) is 12.9. The predicted molar refractivity (Wildman–Crippen MR) is 76.6 cm³/mol. The maximum absolute atomic E-state index is 11.7. The van der Waals surface area contributed by atoms with Gasteiger partial charge in [-0.05, 0) is 29.5 Å². The van der Waals surface area contributed by atoms with Crippen molar-refractivity contribution >= 4 is 27.5 Å². The minimum Gasteiger partial charge on any atom is -0.326 e. The Morgan fingerprint density at radius 3 is 2.29 bits per heavy atom. The molecule has 1 amide bonds. The van der Waals surface area contributed by atoms with Crippen molar-refractivity contribution in [2.45, 2.75) is 33.6 Å². The average Bonchev–Trinajstić information content (AvgIpc) is 2.18. The Morgan fingerprint density at radius 2 is 1.82 bits per heavy atom. The van der Waals surface area contributed by atoms with Crippen LogP contribution in [0.25, 0.3) is 0 Å². The van der Waals surface area contributed by atoms with E-state index in [0.717, 1.165) is 17.4 Å². The van der Waals surface area contributed by atoms with E-state index in [1.54, 1.807) is 0 Å². The van der Waals surface area contributed by atoms with Crippen molar-refractivity contribution in [1.29, 1.82) is 0 Å². The first-order chi connectivity index (χ1) is 7.90. The number of halogens is 1. The molecule has 0 fully saturated rings. The first kappa shape index (κ1) is 14.2. The molecular formula is C14H20BrNO. The lowest BCUT2D eigenvalue weighted by atomic mass is 9.92. The highest BCUT2D eigenvalue weighted by Crippen LogP contribution is 2.19. The minimum atomic E-state index is 0.0278. The van der Waals surface area contributed by atoms with E-state index >= 15 is 0 Å². The summed E-state index contributed by atoms with van der Waals surface area (Å²) in [7, 11) is 0. The number of carbonyl (C=O) groups excluding carboxylic acids is 1. The van der Waals surface area contributed by atoms with Crippen LogP contribution in [0.4, 0.5) is 5.69 Å². The summed E-state index contributed by atoms with van der Waals surface area (Å²) in [5.41, 5.74) is 2.17. The van der Waals surface area contributed by atoms with E-state index in [-0.39, 0.29) is 11.3 Å². The highest BCUT2D eigenvalue weighted by Gasteiger charge is 2.15. The third-order valence-electron chi connectivity index (χ3n) is 2.31. The Morgan fingerprint density at radius 1 is 1.24 bits per heavy atom. The van der Waals surface area contributed by atoms with E-state index in [4.69, 9.17) is 0 Å². The van der Waals surface area contributed by atoms with Gasteiger partial charge in [-0.25, -0.2) is 0 Å². The van der Waals surface area contributed by atoms with Crippen LogP contribution in [0.15, 0.2) is 24.3 Å². The van der Waals surface area contributed by atoms with Gasteiger partial charge in [-0.1, -0.05) is 48.8 Å². The number of hydrogen-bond acceptors (Lipinski definition) is 1. The normalized spacial score (nSPS) is 11.3. The average molecular weight is 298 g/mol. The van der Waals surface area contributed by atoms with Crippen molar-refractivity contribution < 1.29 is 4.79 Å². The van der Waals surface area contributed by atoms with Crippen LogP contribution in [0.3, 0.4) is 0 Å². The molecule has 0 unspecified atom stereocenters. The lowest BCUT2D eigenvalue weighted by Gasteiger charge is -2.17. The number of anilines is 1. The number of aryl methyl sites for hydroxylation is 1. The second kappa shape index (κ2) is 6.20. The van der Waals surface area contributed by atoms with Crippen molar-refractivity contribution in [2.24, 2.45) is 5.41 Å². The Hall–Kier alpha value is -0.830. The molecule has 94 valence electrons. The minimum absolute atomic E-state index is 0.0278. The van der Waals surface area contributed by atoms with Crippen LogP contribution in [0.5, 0.6) is 0 Å². The number of amides is 1. The standard InChI is InChI=1S/C14H20BrNO/c1-14(2,3)10-13(17)16-12-6-4-11(5-7-12)8-9-15/h4-7H,8-10H2,1-3H3,(H,16,17). The first-order valence-corrected chi connectivity index (χ1v) is 6.97. The molecule has 0 aliphatic rings. The van der Waals surface area contributed by atoms with Gasteiger partial charge in [-0.2, -0.15) is 0 Å². The van der Waals surface area contributed by atoms with Gasteiger partial charge in [0, 0.05) is 17.4 Å². The molecule has 1 rings (SSSR count). The smallest absolute Gasteiger partial charge is 0.224 e. The van der Waals surface area contributed by atoms with Crippen molar-refractivity contribution in [1.82, 2.24) is 0 Å². The lowest BCUT2D eigenvalue weighted by molar-refractivity contribution is -0.117. The molecule has 0 bridgehead atoms. The van der Waals surface area contributed by atoms with Crippen molar-refractivity contribution in [3.05, 3.63) is 29.8 Å². The quantitative estimate of drug-likeness (QED) is 0.836. The number of alkyl halides is 1. The number of benzene rings is 1. The van der Waals surface area contributed by atoms with E-state index in [9.17, 15) is 4.79 Å². The van der Waals surface area contributed by atoms with Gasteiger partial charge in [-0.3, -0.25) is 4.79 Å². The van der Waals surface area contributed by atoms with Gasteiger partial charge in [0.25, 0.3) is 0 Å². The number of rotatable bonds is 4. The molecule has 2 nitrogen and oxygen atoms in total. The highest BCUT2D eigenvalue weighted by atomic mass is 79.9. The third-order valence-corrected chi connectivity index (χ3v) is 2.71. The summed E-state index contributed by atoms with van der Waals surface area (Å²) in [5, 5.41) is 3.88.